The molecule has 0 bridgehead atoms. The largest absolute Gasteiger partial charge is 0.385 e. The number of nitrogens with one attached hydrogen (secondary N) is 1. The zero-order chi connectivity index (χ0) is 8.97. The van der Waals surface area contributed by atoms with Gasteiger partial charge in [0.1, 0.15) is 6.54 Å². The fourth-order valence-electron chi connectivity index (χ4n) is 1.06. The summed E-state index contributed by atoms with van der Waals surface area (Å²) in [4.78, 5) is 23.1. The predicted octanol–water partition coefficient (Wildman–Crippen LogP) is -0.425. The van der Waals surface area contributed by atoms with Crippen molar-refractivity contribution in [3.05, 3.63) is 0 Å². The van der Waals surface area contributed by atoms with E-state index in [1.807, 2.05) is 0 Å². The molecule has 0 aliphatic carbocycles. The number of hydrogen-bond acceptors (Lipinski definition) is 3. The lowest BCUT2D eigenvalue weighted by Crippen LogP contribution is -2.29. The van der Waals surface area contributed by atoms with Gasteiger partial charge in [-0.2, -0.15) is 0 Å². The van der Waals surface area contributed by atoms with Crippen LogP contribution in [0.4, 0.5) is 4.79 Å². The molecule has 0 radical (unpaired) electrons. The van der Waals surface area contributed by atoms with Crippen molar-refractivity contribution in [3.8, 4) is 0 Å². The predicted molar refractivity (Wildman–Crippen MR) is 41.6 cm³/mol. The molecular weight excluding hydrogens is 160 g/mol. The first-order valence-electron chi connectivity index (χ1n) is 3.81. The quantitative estimate of drug-likeness (QED) is 0.462. The third-order valence-corrected chi connectivity index (χ3v) is 1.64. The maximum atomic E-state index is 10.9. The lowest BCUT2D eigenvalue weighted by molar-refractivity contribution is -0.118. The highest BCUT2D eigenvalue weighted by atomic mass is 16.5. The zero-order valence-electron chi connectivity index (χ0n) is 7.00. The van der Waals surface area contributed by atoms with E-state index in [0.717, 1.165) is 6.42 Å². The van der Waals surface area contributed by atoms with Gasteiger partial charge in [0, 0.05) is 20.3 Å². The molecule has 0 aromatic heterocycles. The van der Waals surface area contributed by atoms with Crippen molar-refractivity contribution in [2.75, 3.05) is 26.8 Å². The van der Waals surface area contributed by atoms with Crippen LogP contribution in [0.3, 0.4) is 0 Å². The number of ether oxygens (including phenoxy) is 1. The average molecular weight is 172 g/mol. The molecule has 1 fully saturated rings. The van der Waals surface area contributed by atoms with Crippen molar-refractivity contribution in [2.24, 2.45) is 0 Å². The van der Waals surface area contributed by atoms with Gasteiger partial charge >= 0.3 is 6.03 Å². The third-order valence-electron chi connectivity index (χ3n) is 1.64. The monoisotopic (exact) mass is 172 g/mol. The molecule has 1 heterocycles. The van der Waals surface area contributed by atoms with Crippen LogP contribution in [-0.4, -0.2) is 43.6 Å². The molecule has 0 aromatic rings. The first-order valence-corrected chi connectivity index (χ1v) is 3.81. The van der Waals surface area contributed by atoms with Gasteiger partial charge < -0.3 is 9.64 Å². The second-order valence-electron chi connectivity index (χ2n) is 2.62. The number of urea groups is 1. The summed E-state index contributed by atoms with van der Waals surface area (Å²) in [6, 6.07) is -0.295. The van der Waals surface area contributed by atoms with Gasteiger partial charge in [-0.25, -0.2) is 4.79 Å². The van der Waals surface area contributed by atoms with E-state index in [4.69, 9.17) is 4.74 Å². The van der Waals surface area contributed by atoms with E-state index >= 15 is 0 Å². The Morgan fingerprint density at radius 1 is 1.58 bits per heavy atom. The van der Waals surface area contributed by atoms with Crippen LogP contribution in [0.2, 0.25) is 0 Å². The van der Waals surface area contributed by atoms with Crippen LogP contribution in [0.25, 0.3) is 0 Å². The minimum atomic E-state index is -0.295. The first kappa shape index (κ1) is 8.99. The molecule has 0 spiro atoms. The van der Waals surface area contributed by atoms with Gasteiger partial charge in [0.05, 0.1) is 0 Å². The Kier molecular flexibility index (Phi) is 3.04. The number of imide groups is 1. The van der Waals surface area contributed by atoms with Gasteiger partial charge in [0.2, 0.25) is 5.91 Å². The highest BCUT2D eigenvalue weighted by Gasteiger charge is 2.25. The van der Waals surface area contributed by atoms with E-state index in [-0.39, 0.29) is 18.5 Å². The lowest BCUT2D eigenvalue weighted by atomic mass is 10.4. The second-order valence-corrected chi connectivity index (χ2v) is 2.62. The van der Waals surface area contributed by atoms with E-state index in [2.05, 4.69) is 5.32 Å². The third kappa shape index (κ3) is 2.20. The van der Waals surface area contributed by atoms with Crippen LogP contribution in [0.1, 0.15) is 6.42 Å². The van der Waals surface area contributed by atoms with E-state index in [1.54, 1.807) is 7.11 Å². The average Bonchev–Trinajstić information content (AvgIpc) is 2.31. The normalized spacial score (nSPS) is 16.9. The summed E-state index contributed by atoms with van der Waals surface area (Å²) >= 11 is 0. The molecule has 5 heteroatoms. The van der Waals surface area contributed by atoms with Crippen LogP contribution in [0, 0.1) is 0 Å². The number of methoxy groups -OCH3 is 1. The summed E-state index contributed by atoms with van der Waals surface area (Å²) < 4.78 is 4.82. The Morgan fingerprint density at radius 3 is 2.83 bits per heavy atom. The number of hydrogen-bond donors (Lipinski definition) is 1. The Balaban J connectivity index is 2.24. The maximum Gasteiger partial charge on any atom is 0.324 e. The topological polar surface area (TPSA) is 58.6 Å². The van der Waals surface area contributed by atoms with Gasteiger partial charge in [0.15, 0.2) is 0 Å². The Labute approximate surface area is 70.7 Å². The molecule has 12 heavy (non-hydrogen) atoms. The number of amides is 3. The van der Waals surface area contributed by atoms with Crippen LogP contribution < -0.4 is 5.32 Å². The number of carbonyl (C=O) groups excluding carboxylic acids is 2. The van der Waals surface area contributed by atoms with Crippen molar-refractivity contribution in [3.63, 3.8) is 0 Å². The van der Waals surface area contributed by atoms with Crippen LogP contribution in [0.5, 0.6) is 0 Å². The van der Waals surface area contributed by atoms with E-state index in [1.165, 1.54) is 4.90 Å². The van der Waals surface area contributed by atoms with Crippen LogP contribution in [-0.2, 0) is 9.53 Å². The molecule has 0 atom stereocenters. The second kappa shape index (κ2) is 4.06. The van der Waals surface area contributed by atoms with Crippen LogP contribution in [0.15, 0.2) is 0 Å². The summed E-state index contributed by atoms with van der Waals surface area (Å²) in [5, 5.41) is 2.20. The molecule has 1 aliphatic heterocycles. The molecule has 68 valence electrons. The Hall–Kier alpha value is -1.10. The molecule has 0 saturated carbocycles. The molecule has 1 aliphatic rings. The van der Waals surface area contributed by atoms with E-state index in [9.17, 15) is 9.59 Å². The first-order chi connectivity index (χ1) is 5.74. The van der Waals surface area contributed by atoms with Crippen molar-refractivity contribution >= 4 is 11.9 Å². The van der Waals surface area contributed by atoms with Gasteiger partial charge in [0.25, 0.3) is 0 Å². The van der Waals surface area contributed by atoms with Gasteiger partial charge in [-0.15, -0.1) is 0 Å². The van der Waals surface area contributed by atoms with Crippen molar-refractivity contribution < 1.29 is 14.3 Å². The summed E-state index contributed by atoms with van der Waals surface area (Å²) in [6.07, 6.45) is 0.761. The van der Waals surface area contributed by atoms with Gasteiger partial charge in [-0.05, 0) is 6.42 Å². The van der Waals surface area contributed by atoms with Crippen LogP contribution >= 0.6 is 0 Å². The molecule has 0 aromatic carbocycles. The molecule has 1 N–H and O–H groups in total. The summed E-state index contributed by atoms with van der Waals surface area (Å²) in [6.45, 7) is 1.37. The minimum absolute atomic E-state index is 0.183. The molecular formula is C7H12N2O3. The molecule has 3 amide bonds. The van der Waals surface area contributed by atoms with Gasteiger partial charge in [-0.1, -0.05) is 0 Å². The molecule has 5 nitrogen and oxygen atoms in total. The zero-order valence-corrected chi connectivity index (χ0v) is 7.00. The number of carbonyl (C=O) groups is 2. The summed E-state index contributed by atoms with van der Waals surface area (Å²) in [5.41, 5.74) is 0. The van der Waals surface area contributed by atoms with E-state index in [0.29, 0.717) is 13.2 Å². The fraction of sp³-hybridized carbons (Fsp3) is 0.714. The minimum Gasteiger partial charge on any atom is -0.385 e. The van der Waals surface area contributed by atoms with Crippen molar-refractivity contribution in [2.45, 2.75) is 6.42 Å². The Morgan fingerprint density at radius 2 is 2.33 bits per heavy atom. The number of rotatable bonds is 4. The van der Waals surface area contributed by atoms with E-state index < -0.39 is 0 Å². The summed E-state index contributed by atoms with van der Waals surface area (Å²) in [7, 11) is 1.61. The van der Waals surface area contributed by atoms with Crippen molar-refractivity contribution in [1.29, 1.82) is 0 Å². The fourth-order valence-corrected chi connectivity index (χ4v) is 1.06. The standard InChI is InChI=1S/C7H12N2O3/c1-12-4-2-3-9-5-6(10)8-7(9)11/h2-5H2,1H3,(H,8,10,11). The van der Waals surface area contributed by atoms with Crippen molar-refractivity contribution in [1.82, 2.24) is 10.2 Å². The number of nitrogens with zero attached hydrogens (tertiary/aromatic N) is 1. The maximum absolute atomic E-state index is 10.9. The smallest absolute Gasteiger partial charge is 0.324 e. The highest BCUT2D eigenvalue weighted by Crippen LogP contribution is 1.98. The molecule has 1 saturated heterocycles. The lowest BCUT2D eigenvalue weighted by Gasteiger charge is -2.11. The molecule has 0 unspecified atom stereocenters. The molecule has 1 rings (SSSR count). The van der Waals surface area contributed by atoms with Gasteiger partial charge in [-0.3, -0.25) is 10.1 Å². The Bertz CT molecular complexity index is 193. The highest BCUT2D eigenvalue weighted by molar-refractivity contribution is 6.01. The summed E-state index contributed by atoms with van der Waals surface area (Å²) in [5.74, 6) is -0.225. The SMILES string of the molecule is COCCCN1CC(=O)NC1=O.